The van der Waals surface area contributed by atoms with Gasteiger partial charge < -0.3 is 15.5 Å². The van der Waals surface area contributed by atoms with Crippen LogP contribution in [0.4, 0.5) is 0 Å². The van der Waals surface area contributed by atoms with Gasteiger partial charge in [0.1, 0.15) is 0 Å². The second-order valence-electron chi connectivity index (χ2n) is 5.90. The molecule has 0 radical (unpaired) electrons. The Morgan fingerprint density at radius 2 is 1.76 bits per heavy atom. The van der Waals surface area contributed by atoms with Gasteiger partial charge in [-0.3, -0.25) is 0 Å². The summed E-state index contributed by atoms with van der Waals surface area (Å²) < 4.78 is 0. The van der Waals surface area contributed by atoms with Gasteiger partial charge in [-0.1, -0.05) is 0 Å². The van der Waals surface area contributed by atoms with Crippen LogP contribution in [0, 0.1) is 5.41 Å². The van der Waals surface area contributed by atoms with Crippen molar-refractivity contribution in [1.82, 2.24) is 15.5 Å². The van der Waals surface area contributed by atoms with Gasteiger partial charge >= 0.3 is 0 Å². The lowest BCUT2D eigenvalue weighted by molar-refractivity contribution is 0.0732. The van der Waals surface area contributed by atoms with Gasteiger partial charge in [0.25, 0.3) is 0 Å². The van der Waals surface area contributed by atoms with Gasteiger partial charge in [0.15, 0.2) is 0 Å². The topological polar surface area (TPSA) is 27.3 Å². The highest BCUT2D eigenvalue weighted by molar-refractivity contribution is 4.89. The normalized spacial score (nSPS) is 25.2. The lowest BCUT2D eigenvalue weighted by Crippen LogP contribution is -2.45. The van der Waals surface area contributed by atoms with Gasteiger partial charge in [-0.25, -0.2) is 0 Å². The number of rotatable bonds is 5. The second kappa shape index (κ2) is 6.72. The number of nitrogens with zero attached hydrogens (tertiary/aromatic N) is 1. The van der Waals surface area contributed by atoms with Crippen LogP contribution in [0.25, 0.3) is 0 Å². The third kappa shape index (κ3) is 3.94. The van der Waals surface area contributed by atoms with E-state index in [0.29, 0.717) is 5.41 Å². The first-order valence-corrected chi connectivity index (χ1v) is 7.42. The summed E-state index contributed by atoms with van der Waals surface area (Å²) in [5, 5.41) is 6.72. The molecule has 1 spiro atoms. The molecule has 0 saturated carbocycles. The Kier molecular flexibility index (Phi) is 5.26. The van der Waals surface area contributed by atoms with Gasteiger partial charge in [-0.2, -0.15) is 0 Å². The van der Waals surface area contributed by atoms with Gasteiger partial charge in [-0.15, -0.1) is 0 Å². The van der Waals surface area contributed by atoms with Crippen molar-refractivity contribution in [2.75, 3.05) is 46.3 Å². The highest BCUT2D eigenvalue weighted by Gasteiger charge is 2.35. The Bertz CT molecular complexity index is 202. The maximum atomic E-state index is 3.50. The SMILES string of the molecule is CNCCCCN1CCC2(CCNCC2)CC1. The molecule has 0 aromatic rings. The number of hydrogen-bond donors (Lipinski definition) is 2. The van der Waals surface area contributed by atoms with Crippen LogP contribution in [0.5, 0.6) is 0 Å². The molecule has 0 bridgehead atoms. The van der Waals surface area contributed by atoms with E-state index >= 15 is 0 Å². The number of unbranched alkanes of at least 4 members (excludes halogenated alkanes) is 1. The van der Waals surface area contributed by atoms with Crippen molar-refractivity contribution in [3.8, 4) is 0 Å². The summed E-state index contributed by atoms with van der Waals surface area (Å²) in [5.41, 5.74) is 0.715. The van der Waals surface area contributed by atoms with Crippen LogP contribution >= 0.6 is 0 Å². The van der Waals surface area contributed by atoms with E-state index < -0.39 is 0 Å². The maximum absolute atomic E-state index is 3.50. The van der Waals surface area contributed by atoms with Crippen molar-refractivity contribution in [3.05, 3.63) is 0 Å². The standard InChI is InChI=1S/C14H29N3/c1-15-8-2-3-11-17-12-6-14(7-13-17)4-9-16-10-5-14/h15-16H,2-13H2,1H3. The molecule has 100 valence electrons. The van der Waals surface area contributed by atoms with Crippen LogP contribution in [0.15, 0.2) is 0 Å². The van der Waals surface area contributed by atoms with Gasteiger partial charge in [0.05, 0.1) is 0 Å². The van der Waals surface area contributed by atoms with Crippen molar-refractivity contribution < 1.29 is 0 Å². The minimum atomic E-state index is 0.715. The Morgan fingerprint density at radius 3 is 2.41 bits per heavy atom. The van der Waals surface area contributed by atoms with E-state index in [4.69, 9.17) is 0 Å². The summed E-state index contributed by atoms with van der Waals surface area (Å²) in [4.78, 5) is 2.68. The fourth-order valence-electron chi connectivity index (χ4n) is 3.35. The third-order valence-electron chi connectivity index (χ3n) is 4.73. The number of likely N-dealkylation sites (tertiary alicyclic amines) is 1. The zero-order valence-corrected chi connectivity index (χ0v) is 11.4. The first kappa shape index (κ1) is 13.3. The number of piperidine rings is 2. The molecule has 2 fully saturated rings. The largest absolute Gasteiger partial charge is 0.320 e. The predicted molar refractivity (Wildman–Crippen MR) is 73.4 cm³/mol. The fraction of sp³-hybridized carbons (Fsp3) is 1.00. The molecule has 3 nitrogen and oxygen atoms in total. The van der Waals surface area contributed by atoms with Crippen LogP contribution in [-0.4, -0.2) is 51.2 Å². The van der Waals surface area contributed by atoms with Gasteiger partial charge in [0, 0.05) is 0 Å². The second-order valence-corrected chi connectivity index (χ2v) is 5.90. The molecule has 2 heterocycles. The highest BCUT2D eigenvalue weighted by atomic mass is 15.1. The summed E-state index contributed by atoms with van der Waals surface area (Å²) in [6.45, 7) is 7.68. The van der Waals surface area contributed by atoms with Crippen LogP contribution in [0.2, 0.25) is 0 Å². The minimum Gasteiger partial charge on any atom is -0.320 e. The molecule has 0 unspecified atom stereocenters. The maximum Gasteiger partial charge on any atom is -0.00134 e. The minimum absolute atomic E-state index is 0.715. The van der Waals surface area contributed by atoms with Crippen molar-refractivity contribution in [2.24, 2.45) is 5.41 Å². The first-order valence-electron chi connectivity index (χ1n) is 7.42. The molecular formula is C14H29N3. The Labute approximate surface area is 106 Å². The highest BCUT2D eigenvalue weighted by Crippen LogP contribution is 2.39. The Morgan fingerprint density at radius 1 is 1.06 bits per heavy atom. The van der Waals surface area contributed by atoms with E-state index in [1.807, 2.05) is 7.05 Å². The molecule has 17 heavy (non-hydrogen) atoms. The zero-order valence-electron chi connectivity index (χ0n) is 11.4. The monoisotopic (exact) mass is 239 g/mol. The van der Waals surface area contributed by atoms with E-state index in [0.717, 1.165) is 0 Å². The molecule has 2 N–H and O–H groups in total. The van der Waals surface area contributed by atoms with Crippen molar-refractivity contribution in [2.45, 2.75) is 38.5 Å². The average molecular weight is 239 g/mol. The molecule has 0 aromatic heterocycles. The van der Waals surface area contributed by atoms with Crippen LogP contribution < -0.4 is 10.6 Å². The van der Waals surface area contributed by atoms with Crippen LogP contribution in [0.1, 0.15) is 38.5 Å². The quantitative estimate of drug-likeness (QED) is 0.711. The smallest absolute Gasteiger partial charge is 0.00134 e. The van der Waals surface area contributed by atoms with E-state index in [1.54, 1.807) is 0 Å². The van der Waals surface area contributed by atoms with Crippen molar-refractivity contribution >= 4 is 0 Å². The van der Waals surface area contributed by atoms with Crippen molar-refractivity contribution in [3.63, 3.8) is 0 Å². The molecular weight excluding hydrogens is 210 g/mol. The molecule has 3 heteroatoms. The average Bonchev–Trinajstić information content (AvgIpc) is 2.38. The van der Waals surface area contributed by atoms with E-state index in [1.165, 1.54) is 77.8 Å². The molecule has 0 aliphatic carbocycles. The Hall–Kier alpha value is -0.120. The lowest BCUT2D eigenvalue weighted by atomic mass is 9.71. The van der Waals surface area contributed by atoms with Gasteiger partial charge in [0.2, 0.25) is 0 Å². The summed E-state index contributed by atoms with van der Waals surface area (Å²) in [6, 6.07) is 0. The van der Waals surface area contributed by atoms with E-state index in [2.05, 4.69) is 15.5 Å². The Balaban J connectivity index is 1.63. The third-order valence-corrected chi connectivity index (χ3v) is 4.73. The number of hydrogen-bond acceptors (Lipinski definition) is 3. The molecule has 2 saturated heterocycles. The van der Waals surface area contributed by atoms with Crippen molar-refractivity contribution in [1.29, 1.82) is 0 Å². The first-order chi connectivity index (χ1) is 8.35. The zero-order chi connectivity index (χ0) is 12.0. The van der Waals surface area contributed by atoms with Crippen LogP contribution in [0.3, 0.4) is 0 Å². The molecule has 2 aliphatic heterocycles. The predicted octanol–water partition coefficient (Wildman–Crippen LogP) is 1.45. The van der Waals surface area contributed by atoms with Gasteiger partial charge in [-0.05, 0) is 90.3 Å². The fourth-order valence-corrected chi connectivity index (χ4v) is 3.35. The van der Waals surface area contributed by atoms with E-state index in [-0.39, 0.29) is 0 Å². The molecule has 0 amide bonds. The molecule has 0 aromatic carbocycles. The summed E-state index contributed by atoms with van der Waals surface area (Å²) in [6.07, 6.45) is 8.40. The summed E-state index contributed by atoms with van der Waals surface area (Å²) in [7, 11) is 2.04. The molecule has 2 aliphatic rings. The lowest BCUT2D eigenvalue weighted by Gasteiger charge is -2.44. The summed E-state index contributed by atoms with van der Waals surface area (Å²) in [5.74, 6) is 0. The van der Waals surface area contributed by atoms with Crippen LogP contribution in [-0.2, 0) is 0 Å². The summed E-state index contributed by atoms with van der Waals surface area (Å²) >= 11 is 0. The van der Waals surface area contributed by atoms with E-state index in [9.17, 15) is 0 Å². The number of nitrogens with one attached hydrogen (secondary N) is 2. The molecule has 0 atom stereocenters. The molecule has 2 rings (SSSR count).